The number of hydrogen-bond donors (Lipinski definition) is 2. The first-order valence-electron chi connectivity index (χ1n) is 3.31. The number of nitrogens with zero attached hydrogens (tertiary/aromatic N) is 1. The van der Waals surface area contributed by atoms with Crippen LogP contribution in [0.4, 0.5) is 5.69 Å². The molecule has 6 heteroatoms. The molecule has 0 saturated heterocycles. The van der Waals surface area contributed by atoms with Gasteiger partial charge in [0.2, 0.25) is 0 Å². The highest BCUT2D eigenvalue weighted by Gasteiger charge is 2.08. The fourth-order valence-electron chi connectivity index (χ4n) is 0.838. The van der Waals surface area contributed by atoms with Gasteiger partial charge in [-0.25, -0.2) is 0 Å². The van der Waals surface area contributed by atoms with E-state index in [1.54, 1.807) is 0 Å². The average Bonchev–Trinajstić information content (AvgIpc) is 2.04. The quantitative estimate of drug-likeness (QED) is 0.611. The lowest BCUT2D eigenvalue weighted by atomic mass is 10.2. The molecule has 5 nitrogen and oxygen atoms in total. The Labute approximate surface area is 85.1 Å². The van der Waals surface area contributed by atoms with Crippen LogP contribution in [0.5, 0.6) is 5.75 Å². The Morgan fingerprint density at radius 3 is 2.54 bits per heavy atom. The lowest BCUT2D eigenvalue weighted by Crippen LogP contribution is -1.97. The van der Waals surface area contributed by atoms with Crippen molar-refractivity contribution in [1.29, 1.82) is 0 Å². The van der Waals surface area contributed by atoms with Gasteiger partial charge in [-0.15, -0.1) is 17.0 Å². The number of hydrogen-bond acceptors (Lipinski definition) is 4. The minimum absolute atomic E-state index is 0. The third-order valence-electron chi connectivity index (χ3n) is 1.50. The van der Waals surface area contributed by atoms with Crippen LogP contribution in [-0.4, -0.2) is 10.0 Å². The maximum atomic E-state index is 10.2. The average molecular weight is 249 g/mol. The molecule has 72 valence electrons. The van der Waals surface area contributed by atoms with E-state index in [1.807, 2.05) is 0 Å². The molecule has 0 aliphatic heterocycles. The van der Waals surface area contributed by atoms with Crippen LogP contribution in [0.25, 0.3) is 0 Å². The molecule has 0 aliphatic rings. The van der Waals surface area contributed by atoms with Crippen LogP contribution in [0.2, 0.25) is 0 Å². The molecule has 1 rings (SSSR count). The SMILES string of the molecule is Br.NCc1ccc([N+](=O)[O-])cc1O. The van der Waals surface area contributed by atoms with Gasteiger partial charge in [-0.1, -0.05) is 0 Å². The number of halogens is 1. The molecule has 0 aromatic heterocycles. The number of nitrogens with two attached hydrogens (primary N) is 1. The van der Waals surface area contributed by atoms with E-state index in [1.165, 1.54) is 12.1 Å². The maximum Gasteiger partial charge on any atom is 0.273 e. The summed E-state index contributed by atoms with van der Waals surface area (Å²) in [4.78, 5) is 9.65. The lowest BCUT2D eigenvalue weighted by Gasteiger charge is -1.99. The predicted octanol–water partition coefficient (Wildman–Crippen LogP) is 1.34. The van der Waals surface area contributed by atoms with Gasteiger partial charge in [0.25, 0.3) is 5.69 Å². The number of phenols is 1. The monoisotopic (exact) mass is 248 g/mol. The molecule has 0 amide bonds. The zero-order valence-corrected chi connectivity index (χ0v) is 8.35. The number of rotatable bonds is 2. The Balaban J connectivity index is 0.00000144. The zero-order valence-electron chi connectivity index (χ0n) is 6.64. The standard InChI is InChI=1S/C7H8N2O3.BrH/c8-4-5-1-2-6(9(11)12)3-7(5)10;/h1-3,10H,4,8H2;1H. The molecular formula is C7H9BrN2O3. The second-order valence-electron chi connectivity index (χ2n) is 2.27. The van der Waals surface area contributed by atoms with E-state index in [-0.39, 0.29) is 35.0 Å². The van der Waals surface area contributed by atoms with Gasteiger partial charge in [-0.3, -0.25) is 10.1 Å². The summed E-state index contributed by atoms with van der Waals surface area (Å²) < 4.78 is 0. The van der Waals surface area contributed by atoms with Crippen molar-refractivity contribution >= 4 is 22.7 Å². The van der Waals surface area contributed by atoms with Crippen LogP contribution in [0.3, 0.4) is 0 Å². The number of phenolic OH excluding ortho intramolecular Hbond substituents is 1. The highest BCUT2D eigenvalue weighted by Crippen LogP contribution is 2.22. The molecule has 0 atom stereocenters. The van der Waals surface area contributed by atoms with Gasteiger partial charge in [0.05, 0.1) is 11.0 Å². The van der Waals surface area contributed by atoms with Crippen LogP contribution in [-0.2, 0) is 6.54 Å². The van der Waals surface area contributed by atoms with Crippen molar-refractivity contribution in [1.82, 2.24) is 0 Å². The maximum absolute atomic E-state index is 10.2. The summed E-state index contributed by atoms with van der Waals surface area (Å²) in [5.74, 6) is -0.133. The number of aromatic hydroxyl groups is 1. The zero-order chi connectivity index (χ0) is 9.14. The first-order chi connectivity index (χ1) is 5.65. The van der Waals surface area contributed by atoms with Gasteiger partial charge in [0.1, 0.15) is 5.75 Å². The molecule has 0 heterocycles. The Kier molecular flexibility index (Phi) is 4.36. The van der Waals surface area contributed by atoms with Gasteiger partial charge < -0.3 is 10.8 Å². The van der Waals surface area contributed by atoms with Gasteiger partial charge >= 0.3 is 0 Å². The number of nitro groups is 1. The van der Waals surface area contributed by atoms with Crippen LogP contribution >= 0.6 is 17.0 Å². The minimum Gasteiger partial charge on any atom is -0.507 e. The van der Waals surface area contributed by atoms with Crippen LogP contribution in [0.1, 0.15) is 5.56 Å². The first-order valence-corrected chi connectivity index (χ1v) is 3.31. The van der Waals surface area contributed by atoms with Crippen LogP contribution in [0, 0.1) is 10.1 Å². The molecule has 0 saturated carbocycles. The van der Waals surface area contributed by atoms with E-state index in [4.69, 9.17) is 10.8 Å². The molecule has 0 radical (unpaired) electrons. The summed E-state index contributed by atoms with van der Waals surface area (Å²) in [5.41, 5.74) is 5.61. The van der Waals surface area contributed by atoms with E-state index in [9.17, 15) is 10.1 Å². The van der Waals surface area contributed by atoms with Gasteiger partial charge in [0, 0.05) is 18.2 Å². The minimum atomic E-state index is -0.569. The molecule has 0 spiro atoms. The molecule has 3 N–H and O–H groups in total. The number of benzene rings is 1. The Morgan fingerprint density at radius 1 is 1.54 bits per heavy atom. The van der Waals surface area contributed by atoms with Crippen molar-refractivity contribution < 1.29 is 10.0 Å². The topological polar surface area (TPSA) is 89.4 Å². The summed E-state index contributed by atoms with van der Waals surface area (Å²) >= 11 is 0. The van der Waals surface area contributed by atoms with Gasteiger partial charge in [-0.2, -0.15) is 0 Å². The van der Waals surface area contributed by atoms with Crippen molar-refractivity contribution in [3.8, 4) is 5.75 Å². The van der Waals surface area contributed by atoms with E-state index in [2.05, 4.69) is 0 Å². The fraction of sp³-hybridized carbons (Fsp3) is 0.143. The Hall–Kier alpha value is -1.14. The number of non-ortho nitro benzene ring substituents is 1. The molecule has 13 heavy (non-hydrogen) atoms. The predicted molar refractivity (Wildman–Crippen MR) is 53.0 cm³/mol. The highest BCUT2D eigenvalue weighted by atomic mass is 79.9. The molecular weight excluding hydrogens is 240 g/mol. The Morgan fingerprint density at radius 2 is 2.15 bits per heavy atom. The van der Waals surface area contributed by atoms with E-state index < -0.39 is 4.92 Å². The summed E-state index contributed by atoms with van der Waals surface area (Å²) in [7, 11) is 0. The summed E-state index contributed by atoms with van der Waals surface area (Å²) in [6.07, 6.45) is 0. The Bertz CT molecular complexity index is 317. The first kappa shape index (κ1) is 11.9. The fourth-order valence-corrected chi connectivity index (χ4v) is 0.838. The summed E-state index contributed by atoms with van der Waals surface area (Å²) in [6, 6.07) is 3.83. The van der Waals surface area contributed by atoms with Crippen LogP contribution in [0.15, 0.2) is 18.2 Å². The molecule has 0 unspecified atom stereocenters. The van der Waals surface area contributed by atoms with Crippen LogP contribution < -0.4 is 5.73 Å². The normalized spacial score (nSPS) is 9.00. The second-order valence-corrected chi connectivity index (χ2v) is 2.27. The molecule has 1 aromatic rings. The molecule has 0 bridgehead atoms. The van der Waals surface area contributed by atoms with Crippen molar-refractivity contribution in [2.45, 2.75) is 6.54 Å². The third kappa shape index (κ3) is 2.67. The van der Waals surface area contributed by atoms with Crippen molar-refractivity contribution in [2.75, 3.05) is 0 Å². The molecule has 0 aliphatic carbocycles. The lowest BCUT2D eigenvalue weighted by molar-refractivity contribution is -0.384. The van der Waals surface area contributed by atoms with E-state index >= 15 is 0 Å². The summed E-state index contributed by atoms with van der Waals surface area (Å²) in [5, 5.41) is 19.4. The molecule has 1 aromatic carbocycles. The van der Waals surface area contributed by atoms with Gasteiger partial charge in [0.15, 0.2) is 0 Å². The van der Waals surface area contributed by atoms with Gasteiger partial charge in [-0.05, 0) is 6.07 Å². The summed E-state index contributed by atoms with van der Waals surface area (Å²) in [6.45, 7) is 0.170. The van der Waals surface area contributed by atoms with Crippen molar-refractivity contribution in [2.24, 2.45) is 5.73 Å². The second kappa shape index (κ2) is 4.78. The van der Waals surface area contributed by atoms with Crippen molar-refractivity contribution in [3.63, 3.8) is 0 Å². The number of nitro benzene ring substituents is 1. The van der Waals surface area contributed by atoms with E-state index in [0.29, 0.717) is 5.56 Å². The largest absolute Gasteiger partial charge is 0.507 e. The van der Waals surface area contributed by atoms with E-state index in [0.717, 1.165) is 6.07 Å². The third-order valence-corrected chi connectivity index (χ3v) is 1.50. The smallest absolute Gasteiger partial charge is 0.273 e. The van der Waals surface area contributed by atoms with Crippen molar-refractivity contribution in [3.05, 3.63) is 33.9 Å². The molecule has 0 fully saturated rings. The highest BCUT2D eigenvalue weighted by molar-refractivity contribution is 8.93.